The molecule has 2 amide bonds. The number of anilines is 1. The highest BCUT2D eigenvalue weighted by molar-refractivity contribution is 6.05. The number of amides is 2. The molecule has 1 N–H and O–H groups in total. The van der Waals surface area contributed by atoms with Crippen molar-refractivity contribution in [3.8, 4) is 5.75 Å². The first kappa shape index (κ1) is 18.7. The Labute approximate surface area is 191 Å². The number of rotatable bonds is 3. The molecule has 33 heavy (non-hydrogen) atoms. The Kier molecular flexibility index (Phi) is 3.22. The number of benzene rings is 1. The zero-order chi connectivity index (χ0) is 22.4. The van der Waals surface area contributed by atoms with Gasteiger partial charge in [-0.2, -0.15) is 0 Å². The van der Waals surface area contributed by atoms with E-state index in [1.807, 2.05) is 4.90 Å². The fourth-order valence-electron chi connectivity index (χ4n) is 9.61. The molecule has 0 spiro atoms. The number of nitrogens with zero attached hydrogens (tertiary/aromatic N) is 1. The Balaban J connectivity index is 0.972. The molecule has 6 aliphatic carbocycles. The molecule has 0 aromatic heterocycles. The second-order valence-corrected chi connectivity index (χ2v) is 11.4. The minimum absolute atomic E-state index is 0.0174. The van der Waals surface area contributed by atoms with Gasteiger partial charge in [0.2, 0.25) is 5.91 Å². The molecule has 9 rings (SSSR count). The average Bonchev–Trinajstić information content (AvgIpc) is 3.34. The van der Waals surface area contributed by atoms with Crippen LogP contribution in [0.2, 0.25) is 0 Å². The van der Waals surface area contributed by atoms with Crippen LogP contribution in [0.4, 0.5) is 5.69 Å². The zero-order valence-corrected chi connectivity index (χ0v) is 18.5. The summed E-state index contributed by atoms with van der Waals surface area (Å²) in [6.07, 6.45) is 1.92. The van der Waals surface area contributed by atoms with Gasteiger partial charge in [0.15, 0.2) is 11.9 Å². The van der Waals surface area contributed by atoms with E-state index in [-0.39, 0.29) is 40.8 Å². The van der Waals surface area contributed by atoms with Gasteiger partial charge in [0, 0.05) is 36.4 Å². The molecule has 2 aliphatic heterocycles. The first-order valence-corrected chi connectivity index (χ1v) is 12.4. The molecule has 9 atom stereocenters. The van der Waals surface area contributed by atoms with Crippen LogP contribution in [0.25, 0.3) is 0 Å². The second-order valence-electron chi connectivity index (χ2n) is 11.4. The van der Waals surface area contributed by atoms with Gasteiger partial charge in [-0.05, 0) is 74.0 Å². The van der Waals surface area contributed by atoms with Crippen LogP contribution in [0.3, 0.4) is 0 Å². The first-order chi connectivity index (χ1) is 15.9. The fourth-order valence-corrected chi connectivity index (χ4v) is 9.61. The number of hydrogen-bond donors (Lipinski definition) is 1. The number of likely N-dealkylation sites (tertiary alicyclic amines) is 1. The summed E-state index contributed by atoms with van der Waals surface area (Å²) >= 11 is 0. The van der Waals surface area contributed by atoms with E-state index in [2.05, 4.69) is 5.32 Å². The van der Waals surface area contributed by atoms with Crippen LogP contribution in [0, 0.1) is 52.8 Å². The van der Waals surface area contributed by atoms with Crippen molar-refractivity contribution in [3.05, 3.63) is 23.8 Å². The maximum absolute atomic E-state index is 13.7. The molecule has 7 nitrogen and oxygen atoms in total. The maximum Gasteiger partial charge on any atom is 0.265 e. The molecular weight excluding hydrogens is 420 g/mol. The molecule has 2 heterocycles. The van der Waals surface area contributed by atoms with Crippen molar-refractivity contribution in [2.24, 2.45) is 52.8 Å². The topological polar surface area (TPSA) is 92.8 Å². The highest BCUT2D eigenvalue weighted by Gasteiger charge is 2.96. The number of nitrogens with one attached hydrogen (secondary N) is 1. The lowest BCUT2D eigenvalue weighted by molar-refractivity contribution is -0.256. The van der Waals surface area contributed by atoms with Gasteiger partial charge in [-0.25, -0.2) is 0 Å². The summed E-state index contributed by atoms with van der Waals surface area (Å²) < 4.78 is 5.59. The van der Waals surface area contributed by atoms with E-state index < -0.39 is 6.10 Å². The number of carbonyl (C=O) groups is 4. The van der Waals surface area contributed by atoms with Crippen LogP contribution in [-0.4, -0.2) is 47.5 Å². The monoisotopic (exact) mass is 446 g/mol. The molecule has 170 valence electrons. The van der Waals surface area contributed by atoms with Gasteiger partial charge in [0.25, 0.3) is 5.91 Å². The Hall–Kier alpha value is -2.70. The molecule has 1 aromatic carbocycles. The fraction of sp³-hybridized carbons (Fsp3) is 0.615. The quantitative estimate of drug-likeness (QED) is 0.719. The van der Waals surface area contributed by atoms with Crippen molar-refractivity contribution in [1.29, 1.82) is 0 Å². The molecular formula is C26H26N2O5. The highest BCUT2D eigenvalue weighted by atomic mass is 16.5. The molecule has 4 bridgehead atoms. The number of ketones is 2. The van der Waals surface area contributed by atoms with Crippen molar-refractivity contribution < 1.29 is 23.9 Å². The van der Waals surface area contributed by atoms with Crippen LogP contribution >= 0.6 is 0 Å². The number of carbonyl (C=O) groups excluding carboxylic acids is 4. The number of ether oxygens (including phenoxy) is 1. The lowest BCUT2D eigenvalue weighted by Crippen LogP contribution is -2.75. The molecule has 9 unspecified atom stereocenters. The molecule has 6 saturated carbocycles. The van der Waals surface area contributed by atoms with Crippen molar-refractivity contribution in [3.63, 3.8) is 0 Å². The second kappa shape index (κ2) is 5.68. The molecule has 1 saturated heterocycles. The molecule has 8 aliphatic rings. The highest BCUT2D eigenvalue weighted by Crippen LogP contribution is 2.93. The molecule has 1 aromatic rings. The van der Waals surface area contributed by atoms with Gasteiger partial charge < -0.3 is 15.0 Å². The zero-order valence-electron chi connectivity index (χ0n) is 18.5. The Bertz CT molecular complexity index is 1190. The van der Waals surface area contributed by atoms with Gasteiger partial charge in [-0.3, -0.25) is 19.2 Å². The third-order valence-electron chi connectivity index (χ3n) is 10.6. The standard InChI is InChI=1S/C26H26N2O5/c1-10-24(31)27-15-8-12(2-3-16(15)33-10)22(29)11-4-6-28(7-5-11)25(32)26-19-14-9-13-17(19)21(26)23(30)18(13)20(14)26/h2-3,8,10-11,13-14,17-21H,4-7,9H2,1H3,(H,27,31). The summed E-state index contributed by atoms with van der Waals surface area (Å²) in [5.41, 5.74) is 0.750. The van der Waals surface area contributed by atoms with Crippen LogP contribution in [0.1, 0.15) is 36.5 Å². The number of Topliss-reactive ketones (excluding diaryl/α,β-unsaturated/α-hetero) is 2. The predicted octanol–water partition coefficient (Wildman–Crippen LogP) is 2.15. The van der Waals surface area contributed by atoms with Crippen LogP contribution in [0.15, 0.2) is 18.2 Å². The summed E-state index contributed by atoms with van der Waals surface area (Å²) in [6.45, 7) is 2.86. The van der Waals surface area contributed by atoms with Gasteiger partial charge in [0.05, 0.1) is 11.1 Å². The van der Waals surface area contributed by atoms with Crippen molar-refractivity contribution in [2.45, 2.75) is 32.3 Å². The van der Waals surface area contributed by atoms with E-state index in [4.69, 9.17) is 4.74 Å². The Morgan fingerprint density at radius 3 is 2.67 bits per heavy atom. The number of piperidine rings is 1. The minimum atomic E-state index is -0.548. The van der Waals surface area contributed by atoms with Gasteiger partial charge >= 0.3 is 0 Å². The first-order valence-electron chi connectivity index (χ1n) is 12.4. The third-order valence-corrected chi connectivity index (χ3v) is 10.6. The molecule has 7 fully saturated rings. The summed E-state index contributed by atoms with van der Waals surface area (Å²) in [5.74, 6) is 3.65. The van der Waals surface area contributed by atoms with Crippen molar-refractivity contribution >= 4 is 29.1 Å². The van der Waals surface area contributed by atoms with Gasteiger partial charge in [-0.15, -0.1) is 0 Å². The lowest BCUT2D eigenvalue weighted by Gasteiger charge is -2.71. The van der Waals surface area contributed by atoms with Gasteiger partial charge in [0.1, 0.15) is 11.5 Å². The van der Waals surface area contributed by atoms with Crippen molar-refractivity contribution in [1.82, 2.24) is 4.90 Å². The summed E-state index contributed by atoms with van der Waals surface area (Å²) in [4.78, 5) is 53.6. The summed E-state index contributed by atoms with van der Waals surface area (Å²) in [6, 6.07) is 5.20. The van der Waals surface area contributed by atoms with E-state index in [0.717, 1.165) is 0 Å². The van der Waals surface area contributed by atoms with Crippen LogP contribution in [0.5, 0.6) is 5.75 Å². The van der Waals surface area contributed by atoms with E-state index in [1.165, 1.54) is 6.42 Å². The number of hydrogen-bond acceptors (Lipinski definition) is 5. The van der Waals surface area contributed by atoms with E-state index in [0.29, 0.717) is 78.3 Å². The Morgan fingerprint density at radius 2 is 1.91 bits per heavy atom. The van der Waals surface area contributed by atoms with E-state index in [1.54, 1.807) is 25.1 Å². The van der Waals surface area contributed by atoms with Gasteiger partial charge in [-0.1, -0.05) is 0 Å². The number of fused-ring (bicyclic) bond motifs is 1. The van der Waals surface area contributed by atoms with E-state index in [9.17, 15) is 19.2 Å². The summed E-state index contributed by atoms with van der Waals surface area (Å²) in [7, 11) is 0. The molecule has 0 radical (unpaired) electrons. The van der Waals surface area contributed by atoms with E-state index >= 15 is 0 Å². The largest absolute Gasteiger partial charge is 0.479 e. The minimum Gasteiger partial charge on any atom is -0.479 e. The van der Waals surface area contributed by atoms with Crippen LogP contribution in [-0.2, 0) is 14.4 Å². The summed E-state index contributed by atoms with van der Waals surface area (Å²) in [5, 5.41) is 2.81. The van der Waals surface area contributed by atoms with Crippen molar-refractivity contribution in [2.75, 3.05) is 18.4 Å². The lowest BCUT2D eigenvalue weighted by atomic mass is 9.31. The normalized spacial score (nSPS) is 45.3. The maximum atomic E-state index is 13.7. The average molecular weight is 447 g/mol. The van der Waals surface area contributed by atoms with Crippen LogP contribution < -0.4 is 10.1 Å². The molecule has 7 heteroatoms. The predicted molar refractivity (Wildman–Crippen MR) is 115 cm³/mol. The smallest absolute Gasteiger partial charge is 0.265 e. The third kappa shape index (κ3) is 1.86. The Morgan fingerprint density at radius 1 is 1.12 bits per heavy atom. The SMILES string of the molecule is CC1Oc2ccc(C(=O)C3CCN(C(=O)C45C6C(=O)C7C8CC(C74)C5C86)CC3)cc2NC1=O.